The van der Waals surface area contributed by atoms with Crippen molar-refractivity contribution in [2.45, 2.75) is 90.3 Å². The lowest BCUT2D eigenvalue weighted by atomic mass is 10.1. The minimum Gasteiger partial charge on any atom is -0.350 e. The van der Waals surface area contributed by atoms with Crippen molar-refractivity contribution in [1.82, 2.24) is 0 Å². The van der Waals surface area contributed by atoms with Gasteiger partial charge in [-0.15, -0.1) is 0 Å². The molecule has 0 bridgehead atoms. The summed E-state index contributed by atoms with van der Waals surface area (Å²) >= 11 is 0. The van der Waals surface area contributed by atoms with E-state index in [0.717, 1.165) is 19.6 Å². The van der Waals surface area contributed by atoms with Crippen LogP contribution in [-0.4, -0.2) is 19.5 Å². The molecule has 1 saturated heterocycles. The fourth-order valence-electron chi connectivity index (χ4n) is 2.60. The quantitative estimate of drug-likeness (QED) is 0.322. The molecule has 2 nitrogen and oxygen atoms in total. The Morgan fingerprint density at radius 1 is 0.750 bits per heavy atom. The first-order valence-corrected chi connectivity index (χ1v) is 8.81. The number of ether oxygens (including phenoxy) is 2. The molecule has 0 amide bonds. The average molecular weight is 282 g/mol. The Hall–Kier alpha value is -0.340. The minimum atomic E-state index is 0.102. The molecule has 1 aliphatic heterocycles. The second kappa shape index (κ2) is 13.6. The summed E-state index contributed by atoms with van der Waals surface area (Å²) in [6, 6.07) is 0. The van der Waals surface area contributed by atoms with E-state index in [0.29, 0.717) is 0 Å². The zero-order chi connectivity index (χ0) is 14.3. The molecular formula is C18H34O2. The highest BCUT2D eigenvalue weighted by Crippen LogP contribution is 2.14. The van der Waals surface area contributed by atoms with Gasteiger partial charge in [-0.2, -0.15) is 0 Å². The molecule has 1 aliphatic rings. The van der Waals surface area contributed by atoms with Gasteiger partial charge in [-0.1, -0.05) is 57.6 Å². The molecule has 0 spiro atoms. The summed E-state index contributed by atoms with van der Waals surface area (Å²) in [6.07, 6.45) is 20.6. The van der Waals surface area contributed by atoms with Gasteiger partial charge in [-0.25, -0.2) is 0 Å². The molecule has 0 aromatic carbocycles. The summed E-state index contributed by atoms with van der Waals surface area (Å²) in [5.74, 6) is 0. The zero-order valence-corrected chi connectivity index (χ0v) is 13.4. The number of allylic oxidation sites excluding steroid dienone is 2. The average Bonchev–Trinajstić information content (AvgIpc) is 2.97. The van der Waals surface area contributed by atoms with Gasteiger partial charge in [0.15, 0.2) is 6.29 Å². The largest absolute Gasteiger partial charge is 0.350 e. The van der Waals surface area contributed by atoms with Crippen LogP contribution in [0.2, 0.25) is 0 Å². The van der Waals surface area contributed by atoms with Gasteiger partial charge in [0.2, 0.25) is 0 Å². The van der Waals surface area contributed by atoms with Crippen LogP contribution in [0, 0.1) is 0 Å². The molecule has 1 rings (SSSR count). The maximum atomic E-state index is 5.43. The molecule has 0 unspecified atom stereocenters. The van der Waals surface area contributed by atoms with E-state index in [-0.39, 0.29) is 6.29 Å². The summed E-state index contributed by atoms with van der Waals surface area (Å²) in [5.41, 5.74) is 0. The topological polar surface area (TPSA) is 18.5 Å². The summed E-state index contributed by atoms with van der Waals surface area (Å²) < 4.78 is 10.9. The third-order valence-corrected chi connectivity index (χ3v) is 3.89. The maximum absolute atomic E-state index is 5.43. The Bertz CT molecular complexity index is 219. The molecule has 0 saturated carbocycles. The minimum absolute atomic E-state index is 0.102. The number of hydrogen-bond donors (Lipinski definition) is 0. The Kier molecular flexibility index (Phi) is 12.1. The van der Waals surface area contributed by atoms with Crippen LogP contribution in [0.3, 0.4) is 0 Å². The summed E-state index contributed by atoms with van der Waals surface area (Å²) in [4.78, 5) is 0. The molecule has 0 aromatic heterocycles. The van der Waals surface area contributed by atoms with Crippen molar-refractivity contribution >= 4 is 0 Å². The molecule has 1 heterocycles. The van der Waals surface area contributed by atoms with Gasteiger partial charge in [0.05, 0.1) is 13.2 Å². The lowest BCUT2D eigenvalue weighted by Gasteiger charge is -2.07. The van der Waals surface area contributed by atoms with Gasteiger partial charge in [-0.3, -0.25) is 0 Å². The van der Waals surface area contributed by atoms with Crippen LogP contribution >= 0.6 is 0 Å². The maximum Gasteiger partial charge on any atom is 0.157 e. The monoisotopic (exact) mass is 282 g/mol. The van der Waals surface area contributed by atoms with E-state index in [4.69, 9.17) is 9.47 Å². The van der Waals surface area contributed by atoms with Crippen molar-refractivity contribution in [3.8, 4) is 0 Å². The first kappa shape index (κ1) is 17.7. The van der Waals surface area contributed by atoms with Gasteiger partial charge in [-0.05, 0) is 38.5 Å². The van der Waals surface area contributed by atoms with Gasteiger partial charge in [0.1, 0.15) is 0 Å². The molecule has 0 aromatic rings. The first-order chi connectivity index (χ1) is 9.93. The van der Waals surface area contributed by atoms with Gasteiger partial charge in [0, 0.05) is 0 Å². The Morgan fingerprint density at radius 2 is 1.30 bits per heavy atom. The predicted molar refractivity (Wildman–Crippen MR) is 85.9 cm³/mol. The standard InChI is InChI=1S/C18H34O2/c1-2-3-4-5-6-7-8-9-10-11-12-13-14-15-18-19-16-17-20-18/h7-8,18H,2-6,9-17H2,1H3/b8-7-. The summed E-state index contributed by atoms with van der Waals surface area (Å²) in [6.45, 7) is 3.84. The molecule has 0 N–H and O–H groups in total. The third kappa shape index (κ3) is 10.4. The van der Waals surface area contributed by atoms with E-state index in [1.807, 2.05) is 0 Å². The smallest absolute Gasteiger partial charge is 0.157 e. The lowest BCUT2D eigenvalue weighted by molar-refractivity contribution is -0.0480. The molecule has 0 atom stereocenters. The van der Waals surface area contributed by atoms with Crippen LogP contribution in [0.15, 0.2) is 12.2 Å². The molecule has 20 heavy (non-hydrogen) atoms. The van der Waals surface area contributed by atoms with Gasteiger partial charge in [0.25, 0.3) is 0 Å². The molecule has 1 fully saturated rings. The van der Waals surface area contributed by atoms with Crippen molar-refractivity contribution in [3.63, 3.8) is 0 Å². The highest BCUT2D eigenvalue weighted by molar-refractivity contribution is 4.81. The number of rotatable bonds is 13. The summed E-state index contributed by atoms with van der Waals surface area (Å²) in [5, 5.41) is 0. The lowest BCUT2D eigenvalue weighted by Crippen LogP contribution is -2.06. The molecular weight excluding hydrogens is 248 g/mol. The van der Waals surface area contributed by atoms with Crippen molar-refractivity contribution in [1.29, 1.82) is 0 Å². The third-order valence-electron chi connectivity index (χ3n) is 3.89. The second-order valence-corrected chi connectivity index (χ2v) is 5.84. The van der Waals surface area contributed by atoms with Crippen molar-refractivity contribution < 1.29 is 9.47 Å². The Balaban J connectivity index is 1.72. The highest BCUT2D eigenvalue weighted by atomic mass is 16.7. The Labute approximate surface area is 125 Å². The fourth-order valence-corrected chi connectivity index (χ4v) is 2.60. The SMILES string of the molecule is CCCCCC/C=C\CCCCCCCC1OCCO1. The van der Waals surface area contributed by atoms with Gasteiger partial charge >= 0.3 is 0 Å². The molecule has 118 valence electrons. The van der Waals surface area contributed by atoms with E-state index < -0.39 is 0 Å². The van der Waals surface area contributed by atoms with E-state index in [2.05, 4.69) is 19.1 Å². The van der Waals surface area contributed by atoms with Gasteiger partial charge < -0.3 is 9.47 Å². The van der Waals surface area contributed by atoms with Crippen molar-refractivity contribution in [2.24, 2.45) is 0 Å². The number of hydrogen-bond acceptors (Lipinski definition) is 2. The highest BCUT2D eigenvalue weighted by Gasteiger charge is 2.14. The van der Waals surface area contributed by atoms with Crippen molar-refractivity contribution in [3.05, 3.63) is 12.2 Å². The van der Waals surface area contributed by atoms with E-state index in [9.17, 15) is 0 Å². The number of unbranched alkanes of at least 4 members (excludes halogenated alkanes) is 9. The molecule has 0 aliphatic carbocycles. The van der Waals surface area contributed by atoms with E-state index >= 15 is 0 Å². The molecule has 0 radical (unpaired) electrons. The van der Waals surface area contributed by atoms with Crippen LogP contribution in [0.5, 0.6) is 0 Å². The van der Waals surface area contributed by atoms with E-state index in [1.165, 1.54) is 70.6 Å². The van der Waals surface area contributed by atoms with Crippen LogP contribution in [0.1, 0.15) is 84.0 Å². The normalized spacial score (nSPS) is 16.4. The molecule has 2 heteroatoms. The second-order valence-electron chi connectivity index (χ2n) is 5.84. The predicted octanol–water partition coefficient (Wildman–Crippen LogP) is 5.62. The zero-order valence-electron chi connectivity index (χ0n) is 13.4. The fraction of sp³-hybridized carbons (Fsp3) is 0.889. The van der Waals surface area contributed by atoms with Crippen LogP contribution in [0.25, 0.3) is 0 Å². The van der Waals surface area contributed by atoms with Crippen molar-refractivity contribution in [2.75, 3.05) is 13.2 Å². The summed E-state index contributed by atoms with van der Waals surface area (Å²) in [7, 11) is 0. The Morgan fingerprint density at radius 3 is 1.95 bits per heavy atom. The van der Waals surface area contributed by atoms with E-state index in [1.54, 1.807) is 0 Å². The first-order valence-electron chi connectivity index (χ1n) is 8.81. The van der Waals surface area contributed by atoms with Crippen LogP contribution in [-0.2, 0) is 9.47 Å². The van der Waals surface area contributed by atoms with Crippen LogP contribution < -0.4 is 0 Å². The van der Waals surface area contributed by atoms with Crippen LogP contribution in [0.4, 0.5) is 0 Å².